The lowest BCUT2D eigenvalue weighted by molar-refractivity contribution is 0.947. The molecule has 0 unspecified atom stereocenters. The molecule has 1 aliphatic rings. The maximum absolute atomic E-state index is 3.58. The fourth-order valence-corrected chi connectivity index (χ4v) is 3.31. The van der Waals surface area contributed by atoms with Crippen molar-refractivity contribution >= 4 is 26.8 Å². The number of H-pyrrole nitrogens is 1. The Morgan fingerprint density at radius 1 is 1.00 bits per heavy atom. The van der Waals surface area contributed by atoms with Crippen molar-refractivity contribution in [1.82, 2.24) is 4.98 Å². The van der Waals surface area contributed by atoms with E-state index < -0.39 is 0 Å². The summed E-state index contributed by atoms with van der Waals surface area (Å²) in [5.41, 5.74) is 6.81. The molecule has 4 rings (SSSR count). The molecule has 1 N–H and O–H groups in total. The van der Waals surface area contributed by atoms with Crippen LogP contribution in [0.15, 0.2) is 46.9 Å². The molecule has 3 aromatic rings. The van der Waals surface area contributed by atoms with Crippen molar-refractivity contribution in [3.05, 3.63) is 58.1 Å². The van der Waals surface area contributed by atoms with Crippen LogP contribution >= 0.6 is 15.9 Å². The summed E-state index contributed by atoms with van der Waals surface area (Å²) in [7, 11) is 0. The zero-order valence-electron chi connectivity index (χ0n) is 9.83. The zero-order chi connectivity index (χ0) is 12.1. The van der Waals surface area contributed by atoms with Crippen molar-refractivity contribution in [1.29, 1.82) is 0 Å². The number of para-hydroxylation sites is 1. The Hall–Kier alpha value is -1.54. The Morgan fingerprint density at radius 2 is 1.89 bits per heavy atom. The van der Waals surface area contributed by atoms with Crippen molar-refractivity contribution < 1.29 is 0 Å². The monoisotopic (exact) mass is 297 g/mol. The van der Waals surface area contributed by atoms with Gasteiger partial charge in [-0.3, -0.25) is 0 Å². The molecule has 0 saturated carbocycles. The molecule has 1 aliphatic carbocycles. The van der Waals surface area contributed by atoms with E-state index in [1.165, 1.54) is 33.3 Å². The van der Waals surface area contributed by atoms with E-state index in [0.717, 1.165) is 17.3 Å². The Bertz CT molecular complexity index is 755. The van der Waals surface area contributed by atoms with E-state index in [1.807, 2.05) is 0 Å². The van der Waals surface area contributed by atoms with Gasteiger partial charge in [-0.15, -0.1) is 0 Å². The molecule has 0 bridgehead atoms. The fourth-order valence-electron chi connectivity index (χ4n) is 2.95. The molecule has 1 aromatic heterocycles. The number of fused-ring (bicyclic) bond motifs is 5. The number of hydrogen-bond acceptors (Lipinski definition) is 0. The number of benzene rings is 2. The Morgan fingerprint density at radius 3 is 2.83 bits per heavy atom. The lowest BCUT2D eigenvalue weighted by Crippen LogP contribution is -2.02. The number of halogens is 1. The number of nitrogens with one attached hydrogen (secondary N) is 1. The molecule has 1 nitrogen and oxygen atoms in total. The smallest absolute Gasteiger partial charge is 0.0500 e. The van der Waals surface area contributed by atoms with Crippen LogP contribution in [0.5, 0.6) is 0 Å². The molecular formula is C16H12BrN. The van der Waals surface area contributed by atoms with Crippen LogP contribution in [0.1, 0.15) is 11.1 Å². The highest BCUT2D eigenvalue weighted by molar-refractivity contribution is 9.10. The predicted molar refractivity (Wildman–Crippen MR) is 78.8 cm³/mol. The van der Waals surface area contributed by atoms with Crippen molar-refractivity contribution in [3.8, 4) is 11.3 Å². The molecule has 0 saturated heterocycles. The minimum absolute atomic E-state index is 1.13. The number of hydrogen-bond donors (Lipinski definition) is 1. The number of rotatable bonds is 0. The molecule has 2 heteroatoms. The van der Waals surface area contributed by atoms with Crippen LogP contribution in [0.25, 0.3) is 22.2 Å². The van der Waals surface area contributed by atoms with Crippen LogP contribution in [0.2, 0.25) is 0 Å². The summed E-state index contributed by atoms with van der Waals surface area (Å²) in [6.07, 6.45) is 2.27. The minimum Gasteiger partial charge on any atom is -0.354 e. The molecule has 0 radical (unpaired) electrons. The Kier molecular flexibility index (Phi) is 2.15. The zero-order valence-corrected chi connectivity index (χ0v) is 11.4. The summed E-state index contributed by atoms with van der Waals surface area (Å²) in [6, 6.07) is 15.2. The summed E-state index contributed by atoms with van der Waals surface area (Å²) in [5.74, 6) is 0. The first kappa shape index (κ1) is 10.4. The third kappa shape index (κ3) is 1.39. The molecule has 0 atom stereocenters. The van der Waals surface area contributed by atoms with Gasteiger partial charge >= 0.3 is 0 Å². The van der Waals surface area contributed by atoms with E-state index in [0.29, 0.717) is 0 Å². The van der Waals surface area contributed by atoms with E-state index in [4.69, 9.17) is 0 Å². The van der Waals surface area contributed by atoms with Crippen LogP contribution in [-0.2, 0) is 12.8 Å². The lowest BCUT2D eigenvalue weighted by Gasteiger charge is -2.16. The second kappa shape index (κ2) is 3.72. The van der Waals surface area contributed by atoms with Gasteiger partial charge in [0.05, 0.1) is 5.69 Å². The molecule has 2 aromatic carbocycles. The van der Waals surface area contributed by atoms with Crippen LogP contribution in [0.3, 0.4) is 0 Å². The molecule has 18 heavy (non-hydrogen) atoms. The van der Waals surface area contributed by atoms with Crippen molar-refractivity contribution in [2.24, 2.45) is 0 Å². The van der Waals surface area contributed by atoms with E-state index in [-0.39, 0.29) is 0 Å². The average molecular weight is 298 g/mol. The Balaban J connectivity index is 2.08. The summed E-state index contributed by atoms with van der Waals surface area (Å²) in [6.45, 7) is 0. The third-order valence-electron chi connectivity index (χ3n) is 3.80. The number of aryl methyl sites for hydroxylation is 2. The molecule has 0 amide bonds. The summed E-state index contributed by atoms with van der Waals surface area (Å²) in [4.78, 5) is 3.58. The first-order valence-electron chi connectivity index (χ1n) is 6.21. The van der Waals surface area contributed by atoms with Crippen molar-refractivity contribution in [2.75, 3.05) is 0 Å². The van der Waals surface area contributed by atoms with E-state index in [2.05, 4.69) is 63.4 Å². The fraction of sp³-hybridized carbons (Fsp3) is 0.125. The SMILES string of the molecule is Brc1ccc2c(c1)-c1[nH]c3ccccc3c1CC2. The standard InChI is InChI=1S/C16H12BrN/c17-11-7-5-10-6-8-13-12-3-1-2-4-15(12)18-16(13)14(10)9-11/h1-5,7,9,18H,6,8H2. The van der Waals surface area contributed by atoms with E-state index in [9.17, 15) is 0 Å². The summed E-state index contributed by atoms with van der Waals surface area (Å²) >= 11 is 3.57. The van der Waals surface area contributed by atoms with Crippen LogP contribution in [0, 0.1) is 0 Å². The normalized spacial score (nSPS) is 13.4. The van der Waals surface area contributed by atoms with Crippen molar-refractivity contribution in [3.63, 3.8) is 0 Å². The summed E-state index contributed by atoms with van der Waals surface area (Å²) < 4.78 is 1.15. The van der Waals surface area contributed by atoms with Gasteiger partial charge in [-0.05, 0) is 42.2 Å². The predicted octanol–water partition coefficient (Wildman–Crippen LogP) is 4.70. The first-order chi connectivity index (χ1) is 8.83. The van der Waals surface area contributed by atoms with Crippen LogP contribution in [-0.4, -0.2) is 4.98 Å². The van der Waals surface area contributed by atoms with Gasteiger partial charge in [0.2, 0.25) is 0 Å². The van der Waals surface area contributed by atoms with Gasteiger partial charge in [0.15, 0.2) is 0 Å². The maximum atomic E-state index is 3.58. The second-order valence-electron chi connectivity index (χ2n) is 4.83. The quantitative estimate of drug-likeness (QED) is 0.619. The molecule has 1 heterocycles. The third-order valence-corrected chi connectivity index (χ3v) is 4.29. The number of aromatic nitrogens is 1. The van der Waals surface area contributed by atoms with Crippen LogP contribution < -0.4 is 0 Å². The molecular weight excluding hydrogens is 286 g/mol. The van der Waals surface area contributed by atoms with Gasteiger partial charge in [0, 0.05) is 20.9 Å². The van der Waals surface area contributed by atoms with E-state index in [1.54, 1.807) is 0 Å². The first-order valence-corrected chi connectivity index (χ1v) is 7.00. The minimum atomic E-state index is 1.13. The van der Waals surface area contributed by atoms with Gasteiger partial charge in [-0.25, -0.2) is 0 Å². The highest BCUT2D eigenvalue weighted by Crippen LogP contribution is 2.38. The van der Waals surface area contributed by atoms with Gasteiger partial charge in [0.25, 0.3) is 0 Å². The second-order valence-corrected chi connectivity index (χ2v) is 5.74. The van der Waals surface area contributed by atoms with Gasteiger partial charge < -0.3 is 4.98 Å². The highest BCUT2D eigenvalue weighted by atomic mass is 79.9. The van der Waals surface area contributed by atoms with Crippen LogP contribution in [0.4, 0.5) is 0 Å². The molecule has 0 fully saturated rings. The molecule has 0 spiro atoms. The Labute approximate surface area is 114 Å². The highest BCUT2D eigenvalue weighted by Gasteiger charge is 2.20. The van der Waals surface area contributed by atoms with E-state index >= 15 is 0 Å². The van der Waals surface area contributed by atoms with Gasteiger partial charge in [0.1, 0.15) is 0 Å². The van der Waals surface area contributed by atoms with Crippen molar-refractivity contribution in [2.45, 2.75) is 12.8 Å². The van der Waals surface area contributed by atoms with Gasteiger partial charge in [-0.1, -0.05) is 40.2 Å². The van der Waals surface area contributed by atoms with Gasteiger partial charge in [-0.2, -0.15) is 0 Å². The summed E-state index contributed by atoms with van der Waals surface area (Å²) in [5, 5.41) is 1.37. The topological polar surface area (TPSA) is 15.8 Å². The molecule has 0 aliphatic heterocycles. The largest absolute Gasteiger partial charge is 0.354 e. The number of aromatic amines is 1. The average Bonchev–Trinajstić information content (AvgIpc) is 2.78. The maximum Gasteiger partial charge on any atom is 0.0500 e. The lowest BCUT2D eigenvalue weighted by atomic mass is 9.89. The molecule has 88 valence electrons.